The Kier molecular flexibility index (Phi) is 6.26. The third-order valence-electron chi connectivity index (χ3n) is 5.26. The maximum Gasteiger partial charge on any atom is 0.273 e. The Labute approximate surface area is 179 Å². The molecule has 31 heavy (non-hydrogen) atoms. The lowest BCUT2D eigenvalue weighted by Crippen LogP contribution is -2.49. The highest BCUT2D eigenvalue weighted by Gasteiger charge is 2.21. The van der Waals surface area contributed by atoms with Crippen molar-refractivity contribution < 1.29 is 18.5 Å². The largest absolute Gasteiger partial charge is 0.368 e. The van der Waals surface area contributed by atoms with Gasteiger partial charge in [0.15, 0.2) is 11.5 Å². The summed E-state index contributed by atoms with van der Waals surface area (Å²) in [4.78, 5) is 28.8. The summed E-state index contributed by atoms with van der Waals surface area (Å²) in [7, 11) is 0. The van der Waals surface area contributed by atoms with Crippen molar-refractivity contribution in [1.29, 1.82) is 0 Å². The first kappa shape index (κ1) is 20.6. The Morgan fingerprint density at radius 1 is 1.00 bits per heavy atom. The van der Waals surface area contributed by atoms with Crippen LogP contribution in [0.3, 0.4) is 0 Å². The number of aromatic nitrogens is 1. The van der Waals surface area contributed by atoms with E-state index in [1.165, 1.54) is 12.1 Å². The molecule has 7 nitrogen and oxygen atoms in total. The van der Waals surface area contributed by atoms with E-state index in [9.17, 15) is 14.0 Å². The molecular weight excluding hydrogens is 399 g/mol. The van der Waals surface area contributed by atoms with Crippen LogP contribution in [0.25, 0.3) is 11.3 Å². The normalized spacial score (nSPS) is 13.8. The number of carbonyl (C=O) groups is 2. The third kappa shape index (κ3) is 4.91. The number of para-hydroxylation sites is 1. The molecule has 4 rings (SSSR count). The van der Waals surface area contributed by atoms with Crippen molar-refractivity contribution in [2.24, 2.45) is 0 Å². The summed E-state index contributed by atoms with van der Waals surface area (Å²) >= 11 is 0. The molecule has 3 aromatic rings. The summed E-state index contributed by atoms with van der Waals surface area (Å²) < 4.78 is 18.9. The number of piperazine rings is 1. The highest BCUT2D eigenvalue weighted by Crippen LogP contribution is 2.23. The molecule has 2 heterocycles. The Hall–Kier alpha value is -3.68. The number of nitrogens with one attached hydrogen (secondary N) is 1. The van der Waals surface area contributed by atoms with Crippen molar-refractivity contribution >= 4 is 17.5 Å². The van der Waals surface area contributed by atoms with Gasteiger partial charge in [0, 0.05) is 50.9 Å². The van der Waals surface area contributed by atoms with E-state index in [0.717, 1.165) is 18.8 Å². The minimum atomic E-state index is -0.465. The first-order chi connectivity index (χ1) is 15.1. The van der Waals surface area contributed by atoms with Crippen molar-refractivity contribution in [2.45, 2.75) is 6.42 Å². The molecule has 2 aromatic carbocycles. The molecule has 1 fully saturated rings. The Morgan fingerprint density at radius 2 is 1.71 bits per heavy atom. The zero-order valence-corrected chi connectivity index (χ0v) is 17.0. The van der Waals surface area contributed by atoms with Crippen LogP contribution in [0, 0.1) is 5.82 Å². The molecule has 0 atom stereocenters. The molecule has 160 valence electrons. The van der Waals surface area contributed by atoms with Gasteiger partial charge in [0.25, 0.3) is 5.91 Å². The van der Waals surface area contributed by atoms with Crippen molar-refractivity contribution in [3.8, 4) is 11.3 Å². The zero-order chi connectivity index (χ0) is 21.6. The van der Waals surface area contributed by atoms with Gasteiger partial charge in [-0.1, -0.05) is 35.5 Å². The van der Waals surface area contributed by atoms with E-state index in [1.807, 2.05) is 23.1 Å². The average molecular weight is 422 g/mol. The van der Waals surface area contributed by atoms with Crippen molar-refractivity contribution in [1.82, 2.24) is 15.4 Å². The minimum absolute atomic E-state index is 0.000195. The molecule has 0 unspecified atom stereocenters. The molecule has 0 bridgehead atoms. The summed E-state index contributed by atoms with van der Waals surface area (Å²) in [5.74, 6) is -0.743. The molecule has 1 aliphatic rings. The molecule has 1 aliphatic heterocycles. The molecule has 0 saturated carbocycles. The molecule has 0 aliphatic carbocycles. The molecule has 1 N–H and O–H groups in total. The highest BCUT2D eigenvalue weighted by atomic mass is 19.1. The van der Waals surface area contributed by atoms with E-state index in [-0.39, 0.29) is 35.9 Å². The SMILES string of the molecule is O=C(NCCC(=O)N1CCN(c2ccccc2)CC1)c1cc(-c2ccccc2F)on1. The van der Waals surface area contributed by atoms with E-state index in [2.05, 4.69) is 27.5 Å². The quantitative estimate of drug-likeness (QED) is 0.661. The molecule has 0 spiro atoms. The van der Waals surface area contributed by atoms with Crippen LogP contribution in [-0.2, 0) is 4.79 Å². The summed E-state index contributed by atoms with van der Waals surface area (Å²) in [5.41, 5.74) is 1.44. The fourth-order valence-corrected chi connectivity index (χ4v) is 3.55. The Balaban J connectivity index is 1.23. The lowest BCUT2D eigenvalue weighted by atomic mass is 10.1. The smallest absolute Gasteiger partial charge is 0.273 e. The summed E-state index contributed by atoms with van der Waals surface area (Å²) in [6.07, 6.45) is 0.203. The number of hydrogen-bond acceptors (Lipinski definition) is 5. The fourth-order valence-electron chi connectivity index (χ4n) is 3.55. The second-order valence-electron chi connectivity index (χ2n) is 7.27. The van der Waals surface area contributed by atoms with Gasteiger partial charge in [-0.15, -0.1) is 0 Å². The summed E-state index contributed by atoms with van der Waals surface area (Å²) in [6, 6.07) is 17.6. The zero-order valence-electron chi connectivity index (χ0n) is 17.0. The van der Waals surface area contributed by atoms with Gasteiger partial charge < -0.3 is 19.6 Å². The van der Waals surface area contributed by atoms with Gasteiger partial charge >= 0.3 is 0 Å². The topological polar surface area (TPSA) is 78.7 Å². The maximum absolute atomic E-state index is 13.8. The second kappa shape index (κ2) is 9.42. The van der Waals surface area contributed by atoms with Crippen LogP contribution in [0.4, 0.5) is 10.1 Å². The van der Waals surface area contributed by atoms with Crippen LogP contribution in [0.2, 0.25) is 0 Å². The molecule has 0 radical (unpaired) electrons. The number of amides is 2. The molecule has 2 amide bonds. The maximum atomic E-state index is 13.8. The van der Waals surface area contributed by atoms with Crippen LogP contribution in [0.1, 0.15) is 16.9 Å². The van der Waals surface area contributed by atoms with Crippen LogP contribution in [0.15, 0.2) is 65.2 Å². The van der Waals surface area contributed by atoms with Gasteiger partial charge in [-0.3, -0.25) is 9.59 Å². The second-order valence-corrected chi connectivity index (χ2v) is 7.27. The average Bonchev–Trinajstić information content (AvgIpc) is 3.30. The van der Waals surface area contributed by atoms with Crippen LogP contribution in [-0.4, -0.2) is 54.6 Å². The van der Waals surface area contributed by atoms with Gasteiger partial charge in [0.1, 0.15) is 5.82 Å². The standard InChI is InChI=1S/C23H23FN4O3/c24-19-9-5-4-8-18(19)21-16-20(26-31-21)23(30)25-11-10-22(29)28-14-12-27(13-15-28)17-6-2-1-3-7-17/h1-9,16H,10-15H2,(H,25,30). The van der Waals surface area contributed by atoms with Gasteiger partial charge in [-0.25, -0.2) is 4.39 Å². The fraction of sp³-hybridized carbons (Fsp3) is 0.261. The lowest BCUT2D eigenvalue weighted by Gasteiger charge is -2.36. The lowest BCUT2D eigenvalue weighted by molar-refractivity contribution is -0.131. The summed E-state index contributed by atoms with van der Waals surface area (Å²) in [5, 5.41) is 6.37. The van der Waals surface area contributed by atoms with Gasteiger partial charge in [0.2, 0.25) is 5.91 Å². The Bertz CT molecular complexity index is 1050. The highest BCUT2D eigenvalue weighted by molar-refractivity contribution is 5.93. The van der Waals surface area contributed by atoms with Crippen molar-refractivity contribution in [2.75, 3.05) is 37.6 Å². The summed E-state index contributed by atoms with van der Waals surface area (Å²) in [6.45, 7) is 3.05. The van der Waals surface area contributed by atoms with E-state index < -0.39 is 11.7 Å². The number of hydrogen-bond donors (Lipinski definition) is 1. The number of halogens is 1. The third-order valence-corrected chi connectivity index (χ3v) is 5.26. The minimum Gasteiger partial charge on any atom is -0.368 e. The first-order valence-electron chi connectivity index (χ1n) is 10.2. The van der Waals surface area contributed by atoms with Crippen molar-refractivity contribution in [3.63, 3.8) is 0 Å². The van der Waals surface area contributed by atoms with E-state index in [1.54, 1.807) is 18.2 Å². The predicted molar refractivity (Wildman–Crippen MR) is 114 cm³/mol. The van der Waals surface area contributed by atoms with Crippen LogP contribution in [0.5, 0.6) is 0 Å². The number of carbonyl (C=O) groups excluding carboxylic acids is 2. The molecule has 8 heteroatoms. The first-order valence-corrected chi connectivity index (χ1v) is 10.2. The van der Waals surface area contributed by atoms with Crippen molar-refractivity contribution in [3.05, 3.63) is 72.2 Å². The van der Waals surface area contributed by atoms with Gasteiger partial charge in [-0.2, -0.15) is 0 Å². The predicted octanol–water partition coefficient (Wildman–Crippen LogP) is 2.95. The van der Waals surface area contributed by atoms with Gasteiger partial charge in [0.05, 0.1) is 5.56 Å². The molecule has 1 saturated heterocycles. The van der Waals surface area contributed by atoms with E-state index in [0.29, 0.717) is 13.1 Å². The monoisotopic (exact) mass is 422 g/mol. The van der Waals surface area contributed by atoms with Crippen LogP contribution < -0.4 is 10.2 Å². The number of benzene rings is 2. The number of rotatable bonds is 6. The molecule has 1 aromatic heterocycles. The van der Waals surface area contributed by atoms with E-state index in [4.69, 9.17) is 4.52 Å². The molecular formula is C23H23FN4O3. The number of nitrogens with zero attached hydrogens (tertiary/aromatic N) is 3. The van der Waals surface area contributed by atoms with Gasteiger partial charge in [-0.05, 0) is 24.3 Å². The van der Waals surface area contributed by atoms with Crippen LogP contribution >= 0.6 is 0 Å². The Morgan fingerprint density at radius 3 is 2.45 bits per heavy atom. The van der Waals surface area contributed by atoms with E-state index >= 15 is 0 Å². The number of anilines is 1.